The minimum Gasteiger partial charge on any atom is -0.497 e. The summed E-state index contributed by atoms with van der Waals surface area (Å²) >= 11 is 1.12. The Morgan fingerprint density at radius 1 is 1.23 bits per heavy atom. The number of nitrogens with one attached hydrogen (secondary N) is 2. The number of nitrogens with zero attached hydrogens (tertiary/aromatic N) is 3. The van der Waals surface area contributed by atoms with Gasteiger partial charge in [-0.2, -0.15) is 5.10 Å². The predicted octanol–water partition coefficient (Wildman–Crippen LogP) is 2.94. The highest BCUT2D eigenvalue weighted by Crippen LogP contribution is 2.24. The quantitative estimate of drug-likeness (QED) is 0.385. The van der Waals surface area contributed by atoms with Crippen LogP contribution < -0.4 is 15.4 Å². The second kappa shape index (κ2) is 9.85. The maximum absolute atomic E-state index is 12.3. The van der Waals surface area contributed by atoms with Gasteiger partial charge < -0.3 is 15.4 Å². The van der Waals surface area contributed by atoms with Crippen molar-refractivity contribution < 1.29 is 19.2 Å². The number of rotatable bonds is 7. The monoisotopic (exact) mass is 441 g/mol. The molecule has 11 heteroatoms. The van der Waals surface area contributed by atoms with Gasteiger partial charge in [0.05, 0.1) is 17.7 Å². The molecule has 160 valence electrons. The van der Waals surface area contributed by atoms with Crippen LogP contribution in [-0.2, 0) is 9.59 Å². The Balaban J connectivity index is 1.58. The lowest BCUT2D eigenvalue weighted by atomic mass is 10.1. The second-order valence-corrected chi connectivity index (χ2v) is 7.66. The van der Waals surface area contributed by atoms with Crippen LogP contribution >= 0.6 is 11.8 Å². The average Bonchev–Trinajstić information content (AvgIpc) is 3.11. The summed E-state index contributed by atoms with van der Waals surface area (Å²) in [5.41, 5.74) is 1.78. The van der Waals surface area contributed by atoms with Crippen molar-refractivity contribution in [1.82, 2.24) is 5.32 Å². The van der Waals surface area contributed by atoms with Gasteiger partial charge in [0, 0.05) is 24.2 Å². The number of methoxy groups -OCH3 is 1. The van der Waals surface area contributed by atoms with Crippen LogP contribution in [0.4, 0.5) is 11.4 Å². The van der Waals surface area contributed by atoms with E-state index in [9.17, 15) is 19.7 Å². The molecule has 0 bridgehead atoms. The van der Waals surface area contributed by atoms with Crippen molar-refractivity contribution in [3.05, 3.63) is 64.2 Å². The molecule has 10 nitrogen and oxygen atoms in total. The van der Waals surface area contributed by atoms with Gasteiger partial charge in [-0.25, -0.2) is 0 Å². The highest BCUT2D eigenvalue weighted by Gasteiger charge is 2.32. The molecule has 1 atom stereocenters. The van der Waals surface area contributed by atoms with Crippen LogP contribution in [0.15, 0.2) is 58.7 Å². The highest BCUT2D eigenvalue weighted by molar-refractivity contribution is 8.15. The summed E-state index contributed by atoms with van der Waals surface area (Å²) in [5.74, 6) is 0.0515. The number of non-ortho nitro benzene ring substituents is 1. The zero-order valence-corrected chi connectivity index (χ0v) is 17.5. The van der Waals surface area contributed by atoms with Crippen LogP contribution in [0.25, 0.3) is 0 Å². The predicted molar refractivity (Wildman–Crippen MR) is 119 cm³/mol. The van der Waals surface area contributed by atoms with Gasteiger partial charge in [-0.3, -0.25) is 19.7 Å². The van der Waals surface area contributed by atoms with Crippen LogP contribution in [0.1, 0.15) is 18.9 Å². The number of hydrogen-bond acceptors (Lipinski definition) is 8. The van der Waals surface area contributed by atoms with Gasteiger partial charge >= 0.3 is 0 Å². The summed E-state index contributed by atoms with van der Waals surface area (Å²) in [6.07, 6.45) is -0.0212. The number of hydrogen-bond donors (Lipinski definition) is 2. The number of anilines is 1. The summed E-state index contributed by atoms with van der Waals surface area (Å²) in [4.78, 5) is 34.6. The molecule has 1 unspecified atom stereocenters. The van der Waals surface area contributed by atoms with E-state index in [0.29, 0.717) is 22.7 Å². The first kappa shape index (κ1) is 22.0. The molecule has 31 heavy (non-hydrogen) atoms. The molecule has 0 aliphatic carbocycles. The summed E-state index contributed by atoms with van der Waals surface area (Å²) in [5, 5.41) is 23.8. The third-order valence-corrected chi connectivity index (χ3v) is 5.38. The molecule has 0 saturated carbocycles. The SMILES string of the molecule is COc1ccc(NC(=O)CC2S/C(=N/N=C(\C)c3ccc([N+](=O)[O-])cc3)NC2=O)cc1. The topological polar surface area (TPSA) is 135 Å². The third-order valence-electron chi connectivity index (χ3n) is 4.31. The first-order chi connectivity index (χ1) is 14.9. The smallest absolute Gasteiger partial charge is 0.269 e. The molecule has 2 aromatic carbocycles. The van der Waals surface area contributed by atoms with Crippen molar-refractivity contribution in [2.24, 2.45) is 10.2 Å². The first-order valence-corrected chi connectivity index (χ1v) is 10.0. The maximum atomic E-state index is 12.3. The van der Waals surface area contributed by atoms with Gasteiger partial charge in [0.15, 0.2) is 5.17 Å². The number of thioether (sulfide) groups is 1. The van der Waals surface area contributed by atoms with Gasteiger partial charge in [0.25, 0.3) is 5.69 Å². The van der Waals surface area contributed by atoms with Crippen LogP contribution in [0.2, 0.25) is 0 Å². The fourth-order valence-electron chi connectivity index (χ4n) is 2.64. The number of benzene rings is 2. The largest absolute Gasteiger partial charge is 0.497 e. The molecule has 0 radical (unpaired) electrons. The number of carbonyl (C=O) groups is 2. The van der Waals surface area contributed by atoms with E-state index in [1.54, 1.807) is 50.4 Å². The Morgan fingerprint density at radius 3 is 2.52 bits per heavy atom. The fourth-order valence-corrected chi connectivity index (χ4v) is 3.56. The van der Waals surface area contributed by atoms with E-state index in [1.165, 1.54) is 12.1 Å². The summed E-state index contributed by atoms with van der Waals surface area (Å²) in [7, 11) is 1.56. The Morgan fingerprint density at radius 2 is 1.90 bits per heavy atom. The van der Waals surface area contributed by atoms with Gasteiger partial charge in [-0.15, -0.1) is 5.10 Å². The Kier molecular flexibility index (Phi) is 6.98. The molecule has 3 rings (SSSR count). The highest BCUT2D eigenvalue weighted by atomic mass is 32.2. The van der Waals surface area contributed by atoms with Crippen molar-refractivity contribution in [3.8, 4) is 5.75 Å². The molecular weight excluding hydrogens is 422 g/mol. The lowest BCUT2D eigenvalue weighted by molar-refractivity contribution is -0.384. The van der Waals surface area contributed by atoms with Gasteiger partial charge in [-0.1, -0.05) is 11.8 Å². The van der Waals surface area contributed by atoms with Crippen molar-refractivity contribution in [2.75, 3.05) is 12.4 Å². The number of amides is 2. The Labute approximate surface area is 181 Å². The normalized spacial score (nSPS) is 17.4. The van der Waals surface area contributed by atoms with Crippen molar-refractivity contribution in [3.63, 3.8) is 0 Å². The maximum Gasteiger partial charge on any atom is 0.269 e. The summed E-state index contributed by atoms with van der Waals surface area (Å²) in [6, 6.07) is 12.8. The Bertz CT molecular complexity index is 1050. The van der Waals surface area contributed by atoms with Crippen LogP contribution in [0.5, 0.6) is 5.75 Å². The minimum atomic E-state index is -0.619. The number of amidine groups is 1. The van der Waals surface area contributed by atoms with E-state index in [1.807, 2.05) is 0 Å². The number of nitro benzene ring substituents is 1. The van der Waals surface area contributed by atoms with Crippen molar-refractivity contribution in [2.45, 2.75) is 18.6 Å². The van der Waals surface area contributed by atoms with E-state index >= 15 is 0 Å². The van der Waals surface area contributed by atoms with E-state index < -0.39 is 10.2 Å². The molecular formula is C20H19N5O5S. The van der Waals surface area contributed by atoms with E-state index in [4.69, 9.17) is 4.74 Å². The summed E-state index contributed by atoms with van der Waals surface area (Å²) in [6.45, 7) is 1.70. The molecule has 0 aromatic heterocycles. The molecule has 1 heterocycles. The number of nitro groups is 1. The molecule has 1 aliphatic rings. The molecule has 0 spiro atoms. The molecule has 2 N–H and O–H groups in total. The minimum absolute atomic E-state index is 0.0164. The standard InChI is InChI=1S/C20H19N5O5S/c1-12(13-3-7-15(8-4-13)25(28)29)23-24-20-22-19(27)17(31-20)11-18(26)21-14-5-9-16(30-2)10-6-14/h3-10,17H,11H2,1-2H3,(H,21,26)(H,22,24,27)/b23-12+. The molecule has 1 aliphatic heterocycles. The van der Waals surface area contributed by atoms with Crippen molar-refractivity contribution in [1.29, 1.82) is 0 Å². The van der Waals surface area contributed by atoms with Gasteiger partial charge in [0.2, 0.25) is 11.8 Å². The molecule has 1 fully saturated rings. The third kappa shape index (κ3) is 5.89. The Hall–Kier alpha value is -3.73. The van der Waals surface area contributed by atoms with Crippen LogP contribution in [0.3, 0.4) is 0 Å². The van der Waals surface area contributed by atoms with E-state index in [-0.39, 0.29) is 29.1 Å². The zero-order valence-electron chi connectivity index (χ0n) is 16.7. The van der Waals surface area contributed by atoms with Crippen molar-refractivity contribution >= 4 is 45.8 Å². The fraction of sp³-hybridized carbons (Fsp3) is 0.200. The van der Waals surface area contributed by atoms with E-state index in [2.05, 4.69) is 20.8 Å². The molecule has 2 amide bonds. The van der Waals surface area contributed by atoms with Gasteiger partial charge in [-0.05, 0) is 48.9 Å². The number of carbonyl (C=O) groups excluding carboxylic acids is 2. The van der Waals surface area contributed by atoms with E-state index in [0.717, 1.165) is 11.8 Å². The number of ether oxygens (including phenoxy) is 1. The second-order valence-electron chi connectivity index (χ2n) is 6.47. The summed E-state index contributed by atoms with van der Waals surface area (Å²) < 4.78 is 5.07. The zero-order chi connectivity index (χ0) is 22.4. The molecule has 2 aromatic rings. The average molecular weight is 441 g/mol. The first-order valence-electron chi connectivity index (χ1n) is 9.14. The van der Waals surface area contributed by atoms with Gasteiger partial charge in [0.1, 0.15) is 11.0 Å². The molecule has 1 saturated heterocycles. The van der Waals surface area contributed by atoms with Crippen LogP contribution in [0, 0.1) is 10.1 Å². The lowest BCUT2D eigenvalue weighted by Gasteiger charge is -2.08. The van der Waals surface area contributed by atoms with Crippen LogP contribution in [-0.4, -0.2) is 40.0 Å². The lowest BCUT2D eigenvalue weighted by Crippen LogP contribution is -2.28.